The zero-order valence-electron chi connectivity index (χ0n) is 18.3. The summed E-state index contributed by atoms with van der Waals surface area (Å²) in [7, 11) is -3.81. The average molecular weight is 489 g/mol. The molecule has 1 aromatic heterocycles. The Morgan fingerprint density at radius 3 is 2.26 bits per heavy atom. The van der Waals surface area contributed by atoms with Gasteiger partial charge in [-0.05, 0) is 60.2 Å². The zero-order chi connectivity index (χ0) is 24.7. The van der Waals surface area contributed by atoms with Gasteiger partial charge in [0.2, 0.25) is 0 Å². The molecule has 2 N–H and O–H groups in total. The first-order valence-corrected chi connectivity index (χ1v) is 11.9. The van der Waals surface area contributed by atoms with E-state index in [1.807, 2.05) is 30.3 Å². The third kappa shape index (κ3) is 6.27. The number of benzene rings is 3. The molecule has 10 heteroatoms. The molecule has 4 aromatic rings. The Balaban J connectivity index is 1.46. The van der Waals surface area contributed by atoms with Crippen molar-refractivity contribution in [1.29, 1.82) is 0 Å². The maximum Gasteiger partial charge on any atom is 0.339 e. The van der Waals surface area contributed by atoms with Gasteiger partial charge in [-0.3, -0.25) is 4.72 Å². The molecule has 0 saturated heterocycles. The van der Waals surface area contributed by atoms with Gasteiger partial charge >= 0.3 is 5.97 Å². The second-order valence-electron chi connectivity index (χ2n) is 7.27. The van der Waals surface area contributed by atoms with Crippen LogP contribution in [0.1, 0.15) is 15.9 Å². The van der Waals surface area contributed by atoms with Crippen molar-refractivity contribution in [2.24, 2.45) is 10.2 Å². The van der Waals surface area contributed by atoms with Crippen LogP contribution < -0.4 is 9.46 Å². The minimum Gasteiger partial charge on any atom is -0.488 e. The third-order valence-corrected chi connectivity index (χ3v) is 6.13. The number of aromatic carboxylic acids is 1. The van der Waals surface area contributed by atoms with Crippen LogP contribution in [0.15, 0.2) is 112 Å². The van der Waals surface area contributed by atoms with Gasteiger partial charge in [-0.25, -0.2) is 18.2 Å². The molecule has 0 bridgehead atoms. The van der Waals surface area contributed by atoms with E-state index in [9.17, 15) is 18.3 Å². The monoisotopic (exact) mass is 488 g/mol. The van der Waals surface area contributed by atoms with Crippen LogP contribution in [0.2, 0.25) is 0 Å². The molecule has 0 unspecified atom stereocenters. The fourth-order valence-electron chi connectivity index (χ4n) is 3.04. The number of nitrogens with zero attached hydrogens (tertiary/aromatic N) is 3. The van der Waals surface area contributed by atoms with E-state index < -0.39 is 16.0 Å². The van der Waals surface area contributed by atoms with Gasteiger partial charge in [0.15, 0.2) is 0 Å². The summed E-state index contributed by atoms with van der Waals surface area (Å²) in [5, 5.41) is 17.7. The van der Waals surface area contributed by atoms with E-state index in [1.54, 1.807) is 24.3 Å². The number of azo groups is 1. The SMILES string of the molecule is O=C(O)c1cc(/N=N/c2ccc(S(=O)(=O)Nc3ccccn3)cc2)ccc1OCc1ccccc1. The summed E-state index contributed by atoms with van der Waals surface area (Å²) in [6.45, 7) is 0.229. The van der Waals surface area contributed by atoms with Crippen LogP contribution in [-0.2, 0) is 16.6 Å². The molecule has 35 heavy (non-hydrogen) atoms. The standard InChI is InChI=1S/C25H20N4O5S/c30-25(31)22-16-20(11-14-23(22)34-17-18-6-2-1-3-7-18)28-27-19-9-12-21(13-10-19)35(32,33)29-24-8-4-5-15-26-24/h1-16H,17H2,(H,26,29)(H,30,31)/b28-27+. The van der Waals surface area contributed by atoms with Crippen LogP contribution in [-0.4, -0.2) is 24.5 Å². The lowest BCUT2D eigenvalue weighted by atomic mass is 10.2. The lowest BCUT2D eigenvalue weighted by Gasteiger charge is -2.09. The molecule has 1 heterocycles. The second kappa shape index (κ2) is 10.6. The molecule has 176 valence electrons. The number of hydrogen-bond acceptors (Lipinski definition) is 7. The van der Waals surface area contributed by atoms with Crippen molar-refractivity contribution in [1.82, 2.24) is 4.98 Å². The molecule has 0 aliphatic rings. The van der Waals surface area contributed by atoms with Gasteiger partial charge in [0, 0.05) is 6.20 Å². The maximum atomic E-state index is 12.5. The van der Waals surface area contributed by atoms with Crippen LogP contribution in [0, 0.1) is 0 Å². The molecule has 0 amide bonds. The largest absolute Gasteiger partial charge is 0.488 e. The third-order valence-electron chi connectivity index (χ3n) is 4.76. The Labute approximate surface area is 201 Å². The maximum absolute atomic E-state index is 12.5. The summed E-state index contributed by atoms with van der Waals surface area (Å²) in [6, 6.07) is 24.5. The van der Waals surface area contributed by atoms with Crippen LogP contribution >= 0.6 is 0 Å². The zero-order valence-corrected chi connectivity index (χ0v) is 19.1. The van der Waals surface area contributed by atoms with E-state index in [0.717, 1.165) is 5.56 Å². The number of aromatic nitrogens is 1. The predicted molar refractivity (Wildman–Crippen MR) is 130 cm³/mol. The number of carboxylic acid groups (broad SMARTS) is 1. The molecular formula is C25H20N4O5S. The number of carbonyl (C=O) groups is 1. The summed E-state index contributed by atoms with van der Waals surface area (Å²) in [5.41, 5.74) is 1.57. The highest BCUT2D eigenvalue weighted by atomic mass is 32.2. The van der Waals surface area contributed by atoms with Crippen LogP contribution in [0.4, 0.5) is 17.2 Å². The first-order valence-electron chi connectivity index (χ1n) is 10.4. The number of rotatable bonds is 9. The summed E-state index contributed by atoms with van der Waals surface area (Å²) in [6.07, 6.45) is 1.49. The van der Waals surface area contributed by atoms with Gasteiger partial charge in [0.05, 0.1) is 16.3 Å². The molecule has 0 fully saturated rings. The van der Waals surface area contributed by atoms with E-state index in [1.165, 1.54) is 42.6 Å². The number of anilines is 1. The Kier molecular flexibility index (Phi) is 7.12. The Morgan fingerprint density at radius 2 is 1.57 bits per heavy atom. The van der Waals surface area contributed by atoms with Crippen molar-refractivity contribution in [3.8, 4) is 5.75 Å². The summed E-state index contributed by atoms with van der Waals surface area (Å²) in [5.74, 6) is -0.725. The topological polar surface area (TPSA) is 130 Å². The Morgan fingerprint density at radius 1 is 0.886 bits per heavy atom. The minimum absolute atomic E-state index is 0.0372. The fraction of sp³-hybridized carbons (Fsp3) is 0.0400. The van der Waals surface area contributed by atoms with E-state index >= 15 is 0 Å². The molecule has 0 atom stereocenters. The fourth-order valence-corrected chi connectivity index (χ4v) is 4.04. The Hall–Kier alpha value is -4.57. The summed E-state index contributed by atoms with van der Waals surface area (Å²) >= 11 is 0. The molecule has 0 saturated carbocycles. The van der Waals surface area contributed by atoms with Crippen LogP contribution in [0.5, 0.6) is 5.75 Å². The number of carboxylic acids is 1. The number of pyridine rings is 1. The first kappa shape index (κ1) is 23.6. The normalized spacial score (nSPS) is 11.3. The predicted octanol–water partition coefficient (Wildman–Crippen LogP) is 5.58. The van der Waals surface area contributed by atoms with Gasteiger partial charge in [-0.2, -0.15) is 10.2 Å². The average Bonchev–Trinajstić information content (AvgIpc) is 2.87. The van der Waals surface area contributed by atoms with Gasteiger partial charge in [-0.1, -0.05) is 36.4 Å². The molecule has 0 spiro atoms. The quantitative estimate of drug-likeness (QED) is 0.296. The number of nitrogens with one attached hydrogen (secondary N) is 1. The van der Waals surface area contributed by atoms with E-state index in [-0.39, 0.29) is 28.6 Å². The van der Waals surface area contributed by atoms with Crippen molar-refractivity contribution in [3.05, 3.63) is 108 Å². The van der Waals surface area contributed by atoms with Gasteiger partial charge in [0.1, 0.15) is 23.7 Å². The highest BCUT2D eigenvalue weighted by molar-refractivity contribution is 7.92. The van der Waals surface area contributed by atoms with Crippen molar-refractivity contribution in [2.45, 2.75) is 11.5 Å². The molecule has 0 aliphatic carbocycles. The van der Waals surface area contributed by atoms with Gasteiger partial charge < -0.3 is 9.84 Å². The van der Waals surface area contributed by atoms with Crippen molar-refractivity contribution in [3.63, 3.8) is 0 Å². The smallest absolute Gasteiger partial charge is 0.339 e. The van der Waals surface area contributed by atoms with E-state index in [0.29, 0.717) is 11.4 Å². The van der Waals surface area contributed by atoms with Gasteiger partial charge in [-0.15, -0.1) is 0 Å². The van der Waals surface area contributed by atoms with Crippen molar-refractivity contribution < 1.29 is 23.1 Å². The van der Waals surface area contributed by atoms with E-state index in [2.05, 4.69) is 19.9 Å². The molecule has 0 radical (unpaired) electrons. The second-order valence-corrected chi connectivity index (χ2v) is 8.96. The number of hydrogen-bond donors (Lipinski definition) is 2. The summed E-state index contributed by atoms with van der Waals surface area (Å²) in [4.78, 5) is 15.7. The van der Waals surface area contributed by atoms with Crippen molar-refractivity contribution in [2.75, 3.05) is 4.72 Å². The van der Waals surface area contributed by atoms with Gasteiger partial charge in [0.25, 0.3) is 10.0 Å². The number of sulfonamides is 1. The molecule has 9 nitrogen and oxygen atoms in total. The van der Waals surface area contributed by atoms with Crippen molar-refractivity contribution >= 4 is 33.2 Å². The Bertz CT molecular complexity index is 1440. The molecule has 3 aromatic carbocycles. The minimum atomic E-state index is -3.81. The summed E-state index contributed by atoms with van der Waals surface area (Å²) < 4.78 is 33.1. The van der Waals surface area contributed by atoms with Crippen LogP contribution in [0.3, 0.4) is 0 Å². The lowest BCUT2D eigenvalue weighted by Crippen LogP contribution is -2.13. The number of ether oxygens (including phenoxy) is 1. The molecular weight excluding hydrogens is 468 g/mol. The molecule has 4 rings (SSSR count). The highest BCUT2D eigenvalue weighted by Crippen LogP contribution is 2.27. The van der Waals surface area contributed by atoms with Crippen LogP contribution in [0.25, 0.3) is 0 Å². The van der Waals surface area contributed by atoms with E-state index in [4.69, 9.17) is 4.74 Å². The highest BCUT2D eigenvalue weighted by Gasteiger charge is 2.15. The molecule has 0 aliphatic heterocycles. The lowest BCUT2D eigenvalue weighted by molar-refractivity contribution is 0.0691. The first-order chi connectivity index (χ1) is 16.9.